The Balaban J connectivity index is 0.000000318. The van der Waals surface area contributed by atoms with E-state index in [9.17, 15) is 18.0 Å². The van der Waals surface area contributed by atoms with E-state index in [2.05, 4.69) is 4.98 Å². The van der Waals surface area contributed by atoms with E-state index in [1.807, 2.05) is 41.3 Å². The Morgan fingerprint density at radius 3 is 2.57 bits per heavy atom. The summed E-state index contributed by atoms with van der Waals surface area (Å²) in [6.45, 7) is 1.15. The van der Waals surface area contributed by atoms with Gasteiger partial charge in [-0.3, -0.25) is 4.79 Å². The van der Waals surface area contributed by atoms with Crippen molar-refractivity contribution in [2.24, 2.45) is 0 Å². The van der Waals surface area contributed by atoms with E-state index in [4.69, 9.17) is 19.4 Å². The first-order valence-electron chi connectivity index (χ1n) is 9.33. The number of pyridine rings is 1. The molecule has 2 aliphatic rings. The fourth-order valence-electron chi connectivity index (χ4n) is 3.78. The average Bonchev–Trinajstić information content (AvgIpc) is 3.02. The number of benzene rings is 1. The molecule has 1 aromatic carbocycles. The number of methoxy groups -OCH3 is 1. The molecule has 2 heterocycles. The molecule has 1 amide bonds. The summed E-state index contributed by atoms with van der Waals surface area (Å²) >= 11 is 0. The zero-order valence-corrected chi connectivity index (χ0v) is 16.1. The molecule has 2 aromatic rings. The number of carboxylic acids is 1. The number of rotatable bonds is 2. The van der Waals surface area contributed by atoms with E-state index in [1.165, 1.54) is 0 Å². The Kier molecular flexibility index (Phi) is 6.57. The highest BCUT2D eigenvalue weighted by Gasteiger charge is 2.44. The number of ether oxygens (including phenoxy) is 2. The number of carboxylic acid groups (broad SMARTS) is 1. The van der Waals surface area contributed by atoms with Gasteiger partial charge in [0.25, 0.3) is 5.91 Å². The first-order chi connectivity index (χ1) is 14.2. The van der Waals surface area contributed by atoms with Crippen molar-refractivity contribution in [2.75, 3.05) is 20.3 Å². The van der Waals surface area contributed by atoms with Gasteiger partial charge >= 0.3 is 12.1 Å². The monoisotopic (exact) mass is 426 g/mol. The van der Waals surface area contributed by atoms with Gasteiger partial charge in [-0.05, 0) is 25.0 Å². The molecule has 1 aliphatic carbocycles. The van der Waals surface area contributed by atoms with Crippen LogP contribution in [0.4, 0.5) is 13.2 Å². The molecule has 162 valence electrons. The third-order valence-corrected chi connectivity index (χ3v) is 5.15. The molecule has 30 heavy (non-hydrogen) atoms. The van der Waals surface area contributed by atoms with Crippen LogP contribution in [0.1, 0.15) is 23.3 Å². The number of carbonyl (C=O) groups excluding carboxylic acids is 1. The Labute approximate surface area is 170 Å². The van der Waals surface area contributed by atoms with Gasteiger partial charge in [0.15, 0.2) is 0 Å². The van der Waals surface area contributed by atoms with Gasteiger partial charge in [0.1, 0.15) is 11.8 Å². The van der Waals surface area contributed by atoms with Crippen molar-refractivity contribution in [3.63, 3.8) is 0 Å². The van der Waals surface area contributed by atoms with Gasteiger partial charge in [-0.25, -0.2) is 9.78 Å². The van der Waals surface area contributed by atoms with E-state index < -0.39 is 12.1 Å². The van der Waals surface area contributed by atoms with Crippen LogP contribution in [0.2, 0.25) is 0 Å². The van der Waals surface area contributed by atoms with Crippen molar-refractivity contribution in [1.82, 2.24) is 9.88 Å². The van der Waals surface area contributed by atoms with E-state index in [0.717, 1.165) is 23.7 Å². The largest absolute Gasteiger partial charge is 0.490 e. The molecule has 0 radical (unpaired) electrons. The Morgan fingerprint density at radius 2 is 1.90 bits per heavy atom. The fraction of sp³-hybridized carbons (Fsp3) is 0.450. The van der Waals surface area contributed by atoms with E-state index in [-0.39, 0.29) is 24.2 Å². The van der Waals surface area contributed by atoms with Gasteiger partial charge < -0.3 is 19.5 Å². The van der Waals surface area contributed by atoms with Crippen LogP contribution in [-0.2, 0) is 14.3 Å². The maximum absolute atomic E-state index is 13.0. The first-order valence-corrected chi connectivity index (χ1v) is 9.33. The number of hydrogen-bond acceptors (Lipinski definition) is 5. The molecule has 4 rings (SSSR count). The molecule has 1 aliphatic heterocycles. The highest BCUT2D eigenvalue weighted by molar-refractivity contribution is 5.95. The second kappa shape index (κ2) is 8.97. The molecule has 3 atom stereocenters. The summed E-state index contributed by atoms with van der Waals surface area (Å²) in [5.74, 6) is -2.79. The second-order valence-electron chi connectivity index (χ2n) is 6.94. The van der Waals surface area contributed by atoms with Crippen LogP contribution in [0, 0.1) is 0 Å². The van der Waals surface area contributed by atoms with Crippen LogP contribution in [0.15, 0.2) is 36.4 Å². The summed E-state index contributed by atoms with van der Waals surface area (Å²) in [5, 5.41) is 8.17. The lowest BCUT2D eigenvalue weighted by molar-refractivity contribution is -0.192. The summed E-state index contributed by atoms with van der Waals surface area (Å²) in [6, 6.07) is 11.7. The van der Waals surface area contributed by atoms with Crippen LogP contribution in [0.5, 0.6) is 0 Å². The summed E-state index contributed by atoms with van der Waals surface area (Å²) in [6.07, 6.45) is -3.16. The minimum absolute atomic E-state index is 0.0334. The van der Waals surface area contributed by atoms with Crippen LogP contribution in [0.25, 0.3) is 10.9 Å². The number of nitrogens with zero attached hydrogens (tertiary/aromatic N) is 2. The minimum Gasteiger partial charge on any atom is -0.475 e. The number of alkyl halides is 3. The molecule has 0 spiro atoms. The molecule has 10 heteroatoms. The number of aliphatic carboxylic acids is 1. The van der Waals surface area contributed by atoms with E-state index >= 15 is 0 Å². The van der Waals surface area contributed by atoms with Crippen molar-refractivity contribution >= 4 is 22.8 Å². The zero-order chi connectivity index (χ0) is 21.9. The zero-order valence-electron chi connectivity index (χ0n) is 16.1. The van der Waals surface area contributed by atoms with E-state index in [0.29, 0.717) is 18.8 Å². The fourth-order valence-corrected chi connectivity index (χ4v) is 3.78. The topological polar surface area (TPSA) is 89.0 Å². The normalized spacial score (nSPS) is 23.5. The highest BCUT2D eigenvalue weighted by Crippen LogP contribution is 2.32. The highest BCUT2D eigenvalue weighted by atomic mass is 19.4. The lowest BCUT2D eigenvalue weighted by atomic mass is 10.1. The van der Waals surface area contributed by atoms with Gasteiger partial charge in [0.2, 0.25) is 0 Å². The minimum atomic E-state index is -5.08. The standard InChI is InChI=1S/C18H20N2O3.C2HF3O2/c1-22-17-15-8-9-16(17)23-11-10-20(15)18(21)14-7-6-12-4-2-3-5-13(12)19-14;3-2(4,5)1(6)7/h2-7,15-17H,8-11H2,1H3;(H,6,7). The number of aromatic nitrogens is 1. The Morgan fingerprint density at radius 1 is 1.20 bits per heavy atom. The number of hydrogen-bond donors (Lipinski definition) is 1. The smallest absolute Gasteiger partial charge is 0.475 e. The molecule has 1 N–H and O–H groups in total. The number of para-hydroxylation sites is 1. The van der Waals surface area contributed by atoms with Crippen LogP contribution in [-0.4, -0.2) is 71.6 Å². The summed E-state index contributed by atoms with van der Waals surface area (Å²) in [4.78, 5) is 28.3. The summed E-state index contributed by atoms with van der Waals surface area (Å²) in [5.41, 5.74) is 1.33. The number of carbonyl (C=O) groups is 2. The average molecular weight is 426 g/mol. The molecule has 7 nitrogen and oxygen atoms in total. The lowest BCUT2D eigenvalue weighted by Gasteiger charge is -2.30. The van der Waals surface area contributed by atoms with Gasteiger partial charge in [-0.1, -0.05) is 24.3 Å². The first kappa shape index (κ1) is 22.0. The van der Waals surface area contributed by atoms with Crippen molar-refractivity contribution in [1.29, 1.82) is 0 Å². The van der Waals surface area contributed by atoms with E-state index in [1.54, 1.807) is 7.11 Å². The van der Waals surface area contributed by atoms with Crippen molar-refractivity contribution in [3.05, 3.63) is 42.1 Å². The van der Waals surface area contributed by atoms with Gasteiger partial charge in [0, 0.05) is 19.0 Å². The van der Waals surface area contributed by atoms with Crippen molar-refractivity contribution < 1.29 is 37.3 Å². The van der Waals surface area contributed by atoms with Gasteiger partial charge in [0.05, 0.1) is 24.3 Å². The molecule has 1 saturated heterocycles. The molecule has 1 aromatic heterocycles. The quantitative estimate of drug-likeness (QED) is 0.795. The molecule has 2 bridgehead atoms. The second-order valence-corrected chi connectivity index (χ2v) is 6.94. The van der Waals surface area contributed by atoms with Crippen LogP contribution in [0.3, 0.4) is 0 Å². The van der Waals surface area contributed by atoms with Crippen molar-refractivity contribution in [2.45, 2.75) is 37.3 Å². The molecule has 2 fully saturated rings. The number of amides is 1. The third kappa shape index (κ3) is 4.71. The summed E-state index contributed by atoms with van der Waals surface area (Å²) in [7, 11) is 1.70. The number of halogens is 3. The molecular formula is C20H21F3N2O5. The van der Waals surface area contributed by atoms with Crippen LogP contribution >= 0.6 is 0 Å². The molecule has 3 unspecified atom stereocenters. The maximum atomic E-state index is 13.0. The van der Waals surface area contributed by atoms with Gasteiger partial charge in [-0.2, -0.15) is 13.2 Å². The molecule has 1 saturated carbocycles. The summed E-state index contributed by atoms with van der Waals surface area (Å²) < 4.78 is 43.2. The number of fused-ring (bicyclic) bond motifs is 3. The van der Waals surface area contributed by atoms with Crippen molar-refractivity contribution in [3.8, 4) is 0 Å². The third-order valence-electron chi connectivity index (χ3n) is 5.15. The lowest BCUT2D eigenvalue weighted by Crippen LogP contribution is -2.46. The SMILES string of the molecule is COC1C2CCC1N(C(=O)c1ccc3ccccc3n1)CCO2.O=C(O)C(F)(F)F. The Hall–Kier alpha value is -2.72. The predicted octanol–water partition coefficient (Wildman–Crippen LogP) is 2.89. The van der Waals surface area contributed by atoms with Gasteiger partial charge in [-0.15, -0.1) is 0 Å². The van der Waals surface area contributed by atoms with Crippen LogP contribution < -0.4 is 0 Å². The predicted molar refractivity (Wildman–Crippen MR) is 100 cm³/mol. The Bertz CT molecular complexity index is 921. The maximum Gasteiger partial charge on any atom is 0.490 e. The molecular weight excluding hydrogens is 405 g/mol.